The molecule has 0 aromatic carbocycles. The Morgan fingerprint density at radius 2 is 1.62 bits per heavy atom. The summed E-state index contributed by atoms with van der Waals surface area (Å²) in [5.74, 6) is 0. The molecule has 13 heavy (non-hydrogen) atoms. The minimum atomic E-state index is 0.168. The fourth-order valence-electron chi connectivity index (χ4n) is 1.73. The summed E-state index contributed by atoms with van der Waals surface area (Å²) in [4.78, 5) is 0. The number of rotatable bonds is 0. The van der Waals surface area contributed by atoms with Gasteiger partial charge in [0.05, 0.1) is 12.8 Å². The molecule has 1 atom stereocenters. The summed E-state index contributed by atoms with van der Waals surface area (Å²) in [6, 6.07) is 0. The minimum Gasteiger partial charge on any atom is -0.286 e. The summed E-state index contributed by atoms with van der Waals surface area (Å²) in [5.41, 5.74) is 3.80. The summed E-state index contributed by atoms with van der Waals surface area (Å²) in [7, 11) is 0. The number of nitrogens with zero attached hydrogens (tertiary/aromatic N) is 1. The fraction of sp³-hybridized carbons (Fsp3) is 1.00. The lowest BCUT2D eigenvalue weighted by Crippen LogP contribution is -2.56. The van der Waals surface area contributed by atoms with Crippen molar-refractivity contribution in [1.29, 1.82) is 0 Å². The highest BCUT2D eigenvalue weighted by Gasteiger charge is 2.39. The molecule has 1 fully saturated rings. The maximum Gasteiger partial charge on any atom is 0.0798 e. The van der Waals surface area contributed by atoms with Crippen LogP contribution in [0.2, 0.25) is 0 Å². The van der Waals surface area contributed by atoms with Gasteiger partial charge in [0.1, 0.15) is 0 Å². The first-order valence-corrected chi connectivity index (χ1v) is 4.99. The molecule has 1 unspecified atom stereocenters. The van der Waals surface area contributed by atoms with Crippen LogP contribution in [-0.2, 0) is 0 Å². The number of hydrogen-bond acceptors (Lipinski definition) is 3. The quantitative estimate of drug-likeness (QED) is 0.599. The van der Waals surface area contributed by atoms with Crippen LogP contribution < -0.4 is 10.7 Å². The second-order valence-corrected chi connectivity index (χ2v) is 5.85. The molecular weight excluding hydrogens is 162 g/mol. The Morgan fingerprint density at radius 3 is 1.92 bits per heavy atom. The lowest BCUT2D eigenvalue weighted by atomic mass is 9.90. The molecule has 3 nitrogen and oxygen atoms in total. The van der Waals surface area contributed by atoms with Crippen molar-refractivity contribution < 1.29 is 0 Å². The van der Waals surface area contributed by atoms with Gasteiger partial charge >= 0.3 is 0 Å². The van der Waals surface area contributed by atoms with Crippen LogP contribution >= 0.6 is 0 Å². The van der Waals surface area contributed by atoms with Crippen molar-refractivity contribution in [3.8, 4) is 0 Å². The Hall–Kier alpha value is -0.120. The Kier molecular flexibility index (Phi) is 2.72. The van der Waals surface area contributed by atoms with Gasteiger partial charge in [0.15, 0.2) is 0 Å². The molecule has 0 amide bonds. The van der Waals surface area contributed by atoms with Crippen molar-refractivity contribution >= 4 is 0 Å². The van der Waals surface area contributed by atoms with Crippen LogP contribution in [0.15, 0.2) is 0 Å². The van der Waals surface area contributed by atoms with Gasteiger partial charge in [-0.2, -0.15) is 0 Å². The molecule has 1 aliphatic heterocycles. The van der Waals surface area contributed by atoms with Crippen LogP contribution in [0, 0.1) is 5.41 Å². The van der Waals surface area contributed by atoms with E-state index >= 15 is 0 Å². The predicted molar refractivity (Wildman–Crippen MR) is 56.0 cm³/mol. The normalized spacial score (nSPS) is 26.8. The van der Waals surface area contributed by atoms with Gasteiger partial charge in [0, 0.05) is 5.54 Å². The number of nitrogens with one attached hydrogen (secondary N) is 2. The average Bonchev–Trinajstić information content (AvgIpc) is 2.27. The molecule has 3 heteroatoms. The SMILES string of the molecule is CC(C)(C)C1NCNN1C(C)(C)C. The van der Waals surface area contributed by atoms with Gasteiger partial charge in [-0.05, 0) is 26.2 Å². The zero-order valence-electron chi connectivity index (χ0n) is 9.73. The molecule has 0 saturated carbocycles. The first-order chi connectivity index (χ1) is 5.73. The standard InChI is InChI=1S/C10H23N3/c1-9(2,3)8-11-7-12-13(8)10(4,5)6/h8,11-12H,7H2,1-6H3. The largest absolute Gasteiger partial charge is 0.286 e. The predicted octanol–water partition coefficient (Wildman–Crippen LogP) is 1.52. The van der Waals surface area contributed by atoms with E-state index < -0.39 is 0 Å². The summed E-state index contributed by atoms with van der Waals surface area (Å²) in [6.07, 6.45) is 0.410. The molecular formula is C10H23N3. The average molecular weight is 185 g/mol. The van der Waals surface area contributed by atoms with Gasteiger partial charge in [0.2, 0.25) is 0 Å². The molecule has 0 bridgehead atoms. The van der Waals surface area contributed by atoms with Crippen molar-refractivity contribution in [1.82, 2.24) is 15.8 Å². The lowest BCUT2D eigenvalue weighted by molar-refractivity contribution is 0.0116. The second kappa shape index (κ2) is 3.23. The lowest BCUT2D eigenvalue weighted by Gasteiger charge is -2.41. The summed E-state index contributed by atoms with van der Waals surface area (Å²) >= 11 is 0. The molecule has 0 spiro atoms. The van der Waals surface area contributed by atoms with E-state index in [1.54, 1.807) is 0 Å². The van der Waals surface area contributed by atoms with E-state index in [0.717, 1.165) is 6.67 Å². The molecule has 0 aliphatic carbocycles. The molecule has 1 aliphatic rings. The third-order valence-electron chi connectivity index (χ3n) is 2.35. The molecule has 0 aromatic heterocycles. The van der Waals surface area contributed by atoms with E-state index in [9.17, 15) is 0 Å². The maximum atomic E-state index is 3.47. The minimum absolute atomic E-state index is 0.168. The molecule has 1 saturated heterocycles. The molecule has 1 heterocycles. The van der Waals surface area contributed by atoms with Gasteiger partial charge in [-0.25, -0.2) is 10.4 Å². The Bertz CT molecular complexity index is 156. The monoisotopic (exact) mass is 185 g/mol. The third-order valence-corrected chi connectivity index (χ3v) is 2.35. The smallest absolute Gasteiger partial charge is 0.0798 e. The fourth-order valence-corrected chi connectivity index (χ4v) is 1.73. The van der Waals surface area contributed by atoms with Crippen molar-refractivity contribution in [2.24, 2.45) is 5.41 Å². The van der Waals surface area contributed by atoms with E-state index in [0.29, 0.717) is 6.17 Å². The molecule has 0 radical (unpaired) electrons. The topological polar surface area (TPSA) is 27.3 Å². The number of hydrazine groups is 1. The van der Waals surface area contributed by atoms with E-state index in [1.165, 1.54) is 0 Å². The highest BCUT2D eigenvalue weighted by Crippen LogP contribution is 2.28. The van der Waals surface area contributed by atoms with E-state index in [4.69, 9.17) is 0 Å². The van der Waals surface area contributed by atoms with Gasteiger partial charge in [-0.3, -0.25) is 5.32 Å². The molecule has 78 valence electrons. The summed E-state index contributed by atoms with van der Waals surface area (Å²) < 4.78 is 0. The first kappa shape index (κ1) is 11.0. The van der Waals surface area contributed by atoms with Crippen molar-refractivity contribution in [3.05, 3.63) is 0 Å². The summed E-state index contributed by atoms with van der Waals surface area (Å²) in [6.45, 7) is 14.3. The zero-order valence-corrected chi connectivity index (χ0v) is 9.73. The van der Waals surface area contributed by atoms with Crippen molar-refractivity contribution in [2.75, 3.05) is 6.67 Å². The van der Waals surface area contributed by atoms with Crippen molar-refractivity contribution in [2.45, 2.75) is 53.2 Å². The number of hydrogen-bond donors (Lipinski definition) is 2. The highest BCUT2D eigenvalue weighted by atomic mass is 15.7. The molecule has 2 N–H and O–H groups in total. The van der Waals surface area contributed by atoms with Crippen LogP contribution in [-0.4, -0.2) is 23.4 Å². The van der Waals surface area contributed by atoms with E-state index in [2.05, 4.69) is 57.3 Å². The van der Waals surface area contributed by atoms with Gasteiger partial charge in [0.25, 0.3) is 0 Å². The zero-order chi connectivity index (χ0) is 10.3. The van der Waals surface area contributed by atoms with Crippen LogP contribution in [0.1, 0.15) is 41.5 Å². The third kappa shape index (κ3) is 2.42. The van der Waals surface area contributed by atoms with Crippen LogP contribution in [0.4, 0.5) is 0 Å². The Morgan fingerprint density at radius 1 is 1.08 bits per heavy atom. The molecule has 1 rings (SSSR count). The van der Waals surface area contributed by atoms with Crippen LogP contribution in [0.5, 0.6) is 0 Å². The van der Waals surface area contributed by atoms with E-state index in [-0.39, 0.29) is 11.0 Å². The van der Waals surface area contributed by atoms with Gasteiger partial charge < -0.3 is 0 Å². The second-order valence-electron chi connectivity index (χ2n) is 5.85. The first-order valence-electron chi connectivity index (χ1n) is 4.99. The highest BCUT2D eigenvalue weighted by molar-refractivity contribution is 4.89. The maximum absolute atomic E-state index is 3.47. The summed E-state index contributed by atoms with van der Waals surface area (Å²) in [5, 5.41) is 5.78. The van der Waals surface area contributed by atoms with Gasteiger partial charge in [-0.15, -0.1) is 0 Å². The van der Waals surface area contributed by atoms with E-state index in [1.807, 2.05) is 0 Å². The van der Waals surface area contributed by atoms with Crippen molar-refractivity contribution in [3.63, 3.8) is 0 Å². The molecule has 0 aromatic rings. The Labute approximate surface area is 81.8 Å². The Balaban J connectivity index is 2.76. The van der Waals surface area contributed by atoms with Crippen LogP contribution in [0.3, 0.4) is 0 Å². The van der Waals surface area contributed by atoms with Gasteiger partial charge in [-0.1, -0.05) is 20.8 Å². The van der Waals surface area contributed by atoms with Crippen LogP contribution in [0.25, 0.3) is 0 Å².